The van der Waals surface area contributed by atoms with E-state index in [1.165, 1.54) is 28.3 Å². The number of hydrogen-bond acceptors (Lipinski definition) is 3. The van der Waals surface area contributed by atoms with Gasteiger partial charge in [0, 0.05) is 29.4 Å². The van der Waals surface area contributed by atoms with E-state index in [1.807, 2.05) is 17.8 Å². The van der Waals surface area contributed by atoms with Crippen molar-refractivity contribution in [2.45, 2.75) is 17.7 Å². The first kappa shape index (κ1) is 13.4. The van der Waals surface area contributed by atoms with Crippen LogP contribution in [0.4, 0.5) is 11.4 Å². The van der Waals surface area contributed by atoms with Gasteiger partial charge in [-0.15, -0.1) is 11.8 Å². The smallest absolute Gasteiger partial charge is 0.0525 e. The number of anilines is 2. The predicted molar refractivity (Wildman–Crippen MR) is 88.6 cm³/mol. The third-order valence-corrected chi connectivity index (χ3v) is 4.72. The molecule has 2 aromatic rings. The van der Waals surface area contributed by atoms with Crippen LogP contribution in [0.3, 0.4) is 0 Å². The second-order valence-corrected chi connectivity index (χ2v) is 6.29. The molecule has 3 heteroatoms. The lowest BCUT2D eigenvalue weighted by Gasteiger charge is -2.31. The van der Waals surface area contributed by atoms with Gasteiger partial charge in [0.1, 0.15) is 0 Å². The van der Waals surface area contributed by atoms with Gasteiger partial charge in [-0.25, -0.2) is 0 Å². The number of hydrogen-bond donors (Lipinski definition) is 1. The van der Waals surface area contributed by atoms with E-state index in [0.29, 0.717) is 0 Å². The highest BCUT2D eigenvalue weighted by molar-refractivity contribution is 7.99. The molecule has 2 aromatic carbocycles. The van der Waals surface area contributed by atoms with Crippen molar-refractivity contribution in [3.63, 3.8) is 0 Å². The Balaban J connectivity index is 1.63. The molecule has 0 aromatic heterocycles. The SMILES string of the molecule is Nc1ccc2c(c1)N(CCCc1ccccc1)CCS2. The summed E-state index contributed by atoms with van der Waals surface area (Å²) in [6.45, 7) is 2.22. The molecule has 2 nitrogen and oxygen atoms in total. The van der Waals surface area contributed by atoms with Crippen LogP contribution in [-0.4, -0.2) is 18.8 Å². The Hall–Kier alpha value is -1.61. The lowest BCUT2D eigenvalue weighted by molar-refractivity contribution is 0.739. The van der Waals surface area contributed by atoms with Crippen molar-refractivity contribution >= 4 is 23.1 Å². The molecule has 2 N–H and O–H groups in total. The van der Waals surface area contributed by atoms with Crippen LogP contribution in [0, 0.1) is 0 Å². The van der Waals surface area contributed by atoms with Gasteiger partial charge in [0.15, 0.2) is 0 Å². The molecule has 0 spiro atoms. The van der Waals surface area contributed by atoms with Crippen molar-refractivity contribution in [1.29, 1.82) is 0 Å². The van der Waals surface area contributed by atoms with E-state index in [-0.39, 0.29) is 0 Å². The molecule has 1 aliphatic rings. The number of nitrogen functional groups attached to an aromatic ring is 1. The number of fused-ring (bicyclic) bond motifs is 1. The van der Waals surface area contributed by atoms with Crippen LogP contribution in [0.5, 0.6) is 0 Å². The average molecular weight is 284 g/mol. The summed E-state index contributed by atoms with van der Waals surface area (Å²) in [6, 6.07) is 17.0. The van der Waals surface area contributed by atoms with E-state index in [0.717, 1.165) is 25.2 Å². The first-order valence-electron chi connectivity index (χ1n) is 7.14. The molecule has 0 unspecified atom stereocenters. The molecule has 1 aliphatic heterocycles. The third-order valence-electron chi connectivity index (χ3n) is 3.68. The molecular formula is C17H20N2S. The minimum absolute atomic E-state index is 0.860. The van der Waals surface area contributed by atoms with E-state index >= 15 is 0 Å². The zero-order valence-electron chi connectivity index (χ0n) is 11.6. The second-order valence-electron chi connectivity index (χ2n) is 5.15. The van der Waals surface area contributed by atoms with Gasteiger partial charge in [-0.1, -0.05) is 30.3 Å². The molecule has 0 aliphatic carbocycles. The third kappa shape index (κ3) is 3.10. The summed E-state index contributed by atoms with van der Waals surface area (Å²) in [4.78, 5) is 3.84. The van der Waals surface area contributed by atoms with Gasteiger partial charge in [0.05, 0.1) is 5.69 Å². The molecule has 0 bridgehead atoms. The molecule has 0 atom stereocenters. The maximum absolute atomic E-state index is 5.93. The summed E-state index contributed by atoms with van der Waals surface area (Å²) in [5, 5.41) is 0. The van der Waals surface area contributed by atoms with Gasteiger partial charge < -0.3 is 10.6 Å². The number of nitrogens with two attached hydrogens (primary N) is 1. The summed E-state index contributed by atoms with van der Waals surface area (Å²) in [6.07, 6.45) is 2.32. The maximum Gasteiger partial charge on any atom is 0.0525 e. The van der Waals surface area contributed by atoms with Gasteiger partial charge in [0.25, 0.3) is 0 Å². The molecule has 104 valence electrons. The minimum Gasteiger partial charge on any atom is -0.399 e. The lowest BCUT2D eigenvalue weighted by atomic mass is 10.1. The zero-order valence-corrected chi connectivity index (χ0v) is 12.4. The standard InChI is InChI=1S/C17H20N2S/c18-15-8-9-17-16(13-15)19(11-12-20-17)10-4-7-14-5-2-1-3-6-14/h1-3,5-6,8-9,13H,4,7,10-12,18H2. The number of aryl methyl sites for hydroxylation is 1. The summed E-state index contributed by atoms with van der Waals surface area (Å²) in [5.74, 6) is 1.17. The first-order valence-corrected chi connectivity index (χ1v) is 8.13. The molecule has 3 rings (SSSR count). The predicted octanol–water partition coefficient (Wildman–Crippen LogP) is 3.81. The summed E-state index contributed by atoms with van der Waals surface area (Å²) < 4.78 is 0. The molecule has 0 radical (unpaired) electrons. The number of thioether (sulfide) groups is 1. The van der Waals surface area contributed by atoms with Gasteiger partial charge in [-0.05, 0) is 36.6 Å². The van der Waals surface area contributed by atoms with Gasteiger partial charge in [-0.2, -0.15) is 0 Å². The Labute approximate surface area is 125 Å². The normalized spacial score (nSPS) is 14.1. The Kier molecular flexibility index (Phi) is 4.16. The van der Waals surface area contributed by atoms with E-state index in [2.05, 4.69) is 47.4 Å². The Morgan fingerprint density at radius 1 is 1.10 bits per heavy atom. The largest absolute Gasteiger partial charge is 0.399 e. The molecule has 0 amide bonds. The minimum atomic E-state index is 0.860. The Morgan fingerprint density at radius 2 is 1.95 bits per heavy atom. The summed E-state index contributed by atoms with van der Waals surface area (Å²) in [7, 11) is 0. The average Bonchev–Trinajstić information content (AvgIpc) is 2.49. The zero-order chi connectivity index (χ0) is 13.8. The van der Waals surface area contributed by atoms with Crippen LogP contribution >= 0.6 is 11.8 Å². The maximum atomic E-state index is 5.93. The second kappa shape index (κ2) is 6.23. The number of rotatable bonds is 4. The highest BCUT2D eigenvalue weighted by Gasteiger charge is 2.16. The Morgan fingerprint density at radius 3 is 2.80 bits per heavy atom. The van der Waals surface area contributed by atoms with Crippen molar-refractivity contribution in [3.8, 4) is 0 Å². The van der Waals surface area contributed by atoms with E-state index in [9.17, 15) is 0 Å². The van der Waals surface area contributed by atoms with Crippen LogP contribution in [0.25, 0.3) is 0 Å². The summed E-state index contributed by atoms with van der Waals surface area (Å²) >= 11 is 1.93. The monoisotopic (exact) mass is 284 g/mol. The first-order chi connectivity index (χ1) is 9.83. The van der Waals surface area contributed by atoms with E-state index in [1.54, 1.807) is 0 Å². The fourth-order valence-electron chi connectivity index (χ4n) is 2.64. The fraction of sp³-hybridized carbons (Fsp3) is 0.294. The highest BCUT2D eigenvalue weighted by Crippen LogP contribution is 2.36. The van der Waals surface area contributed by atoms with Crippen LogP contribution in [0.15, 0.2) is 53.4 Å². The van der Waals surface area contributed by atoms with Crippen LogP contribution in [0.2, 0.25) is 0 Å². The van der Waals surface area contributed by atoms with Crippen molar-refractivity contribution < 1.29 is 0 Å². The van der Waals surface area contributed by atoms with E-state index in [4.69, 9.17) is 5.73 Å². The van der Waals surface area contributed by atoms with E-state index < -0.39 is 0 Å². The van der Waals surface area contributed by atoms with Gasteiger partial charge in [-0.3, -0.25) is 0 Å². The summed E-state index contributed by atoms with van der Waals surface area (Å²) in [5.41, 5.74) is 9.53. The Bertz CT molecular complexity index is 568. The molecule has 20 heavy (non-hydrogen) atoms. The lowest BCUT2D eigenvalue weighted by Crippen LogP contribution is -2.30. The van der Waals surface area contributed by atoms with Crippen molar-refractivity contribution in [2.24, 2.45) is 0 Å². The number of benzene rings is 2. The van der Waals surface area contributed by atoms with Crippen molar-refractivity contribution in [3.05, 3.63) is 54.1 Å². The molecule has 0 saturated heterocycles. The highest BCUT2D eigenvalue weighted by atomic mass is 32.2. The van der Waals surface area contributed by atoms with Crippen LogP contribution in [0.1, 0.15) is 12.0 Å². The van der Waals surface area contributed by atoms with Crippen molar-refractivity contribution in [1.82, 2.24) is 0 Å². The molecular weight excluding hydrogens is 264 g/mol. The number of nitrogens with zero attached hydrogens (tertiary/aromatic N) is 1. The molecule has 0 fully saturated rings. The molecule has 1 heterocycles. The van der Waals surface area contributed by atoms with Gasteiger partial charge >= 0.3 is 0 Å². The van der Waals surface area contributed by atoms with Gasteiger partial charge in [0.2, 0.25) is 0 Å². The van der Waals surface area contributed by atoms with Crippen molar-refractivity contribution in [2.75, 3.05) is 29.5 Å². The fourth-order valence-corrected chi connectivity index (χ4v) is 3.67. The molecule has 0 saturated carbocycles. The quantitative estimate of drug-likeness (QED) is 0.866. The topological polar surface area (TPSA) is 29.3 Å². The van der Waals surface area contributed by atoms with Crippen LogP contribution < -0.4 is 10.6 Å². The van der Waals surface area contributed by atoms with Crippen LogP contribution in [-0.2, 0) is 6.42 Å².